The number of rotatable bonds is 4. The molecule has 0 radical (unpaired) electrons. The summed E-state index contributed by atoms with van der Waals surface area (Å²) in [5.74, 6) is -0.117. The fourth-order valence-electron chi connectivity index (χ4n) is 1.23. The number of hydrogen-bond acceptors (Lipinski definition) is 3. The number of phenolic OH excluding ortho intramolecular Hbond substituents is 2. The average Bonchev–Trinajstić information content (AvgIpc) is 2.10. The number of nitrogens with two attached hydrogens (primary N) is 1. The predicted molar refractivity (Wildman–Crippen MR) is 51.9 cm³/mol. The minimum Gasteiger partial charge on any atom is -0.508 e. The van der Waals surface area contributed by atoms with E-state index in [-0.39, 0.29) is 23.8 Å². The van der Waals surface area contributed by atoms with Crippen LogP contribution in [0, 0.1) is 0 Å². The zero-order valence-corrected chi connectivity index (χ0v) is 7.73. The molecule has 4 heteroatoms. The Bertz CT molecular complexity index is 336. The number of aromatic hydroxyl groups is 2. The fourth-order valence-corrected chi connectivity index (χ4v) is 1.23. The van der Waals surface area contributed by atoms with Crippen LogP contribution in [0.1, 0.15) is 18.4 Å². The molecule has 0 heterocycles. The summed E-state index contributed by atoms with van der Waals surface area (Å²) in [7, 11) is 0. The van der Waals surface area contributed by atoms with Crippen LogP contribution >= 0.6 is 0 Å². The van der Waals surface area contributed by atoms with Crippen molar-refractivity contribution in [2.45, 2.75) is 19.3 Å². The van der Waals surface area contributed by atoms with Gasteiger partial charge in [0.25, 0.3) is 0 Å². The van der Waals surface area contributed by atoms with E-state index < -0.39 is 0 Å². The molecule has 4 nitrogen and oxygen atoms in total. The summed E-state index contributed by atoms with van der Waals surface area (Å²) in [5, 5.41) is 18.5. The molecule has 0 saturated heterocycles. The topological polar surface area (TPSA) is 83.6 Å². The van der Waals surface area contributed by atoms with Crippen LogP contribution in [-0.2, 0) is 11.2 Å². The predicted octanol–water partition coefficient (Wildman–Crippen LogP) is 0.906. The summed E-state index contributed by atoms with van der Waals surface area (Å²) in [4.78, 5) is 10.5. The van der Waals surface area contributed by atoms with Crippen molar-refractivity contribution in [3.63, 3.8) is 0 Å². The second-order valence-corrected chi connectivity index (χ2v) is 3.13. The normalized spacial score (nSPS) is 10.0. The summed E-state index contributed by atoms with van der Waals surface area (Å²) in [6.45, 7) is 0. The zero-order valence-electron chi connectivity index (χ0n) is 7.73. The number of aryl methyl sites for hydroxylation is 1. The molecular formula is C10H13NO3. The van der Waals surface area contributed by atoms with Gasteiger partial charge in [-0.3, -0.25) is 4.79 Å². The van der Waals surface area contributed by atoms with Gasteiger partial charge in [-0.05, 0) is 36.6 Å². The monoisotopic (exact) mass is 195 g/mol. The van der Waals surface area contributed by atoms with Gasteiger partial charge in [0.15, 0.2) is 0 Å². The minimum absolute atomic E-state index is 0.108. The van der Waals surface area contributed by atoms with Crippen molar-refractivity contribution in [3.8, 4) is 11.5 Å². The molecular weight excluding hydrogens is 182 g/mol. The molecule has 0 bridgehead atoms. The van der Waals surface area contributed by atoms with Gasteiger partial charge in [-0.1, -0.05) is 0 Å². The molecule has 0 aliphatic rings. The van der Waals surface area contributed by atoms with Crippen LogP contribution in [-0.4, -0.2) is 16.1 Å². The first-order valence-electron chi connectivity index (χ1n) is 4.39. The van der Waals surface area contributed by atoms with Crippen molar-refractivity contribution in [1.29, 1.82) is 0 Å². The molecule has 0 spiro atoms. The molecule has 1 rings (SSSR count). The first-order chi connectivity index (χ1) is 6.59. The van der Waals surface area contributed by atoms with Crippen molar-refractivity contribution in [2.24, 2.45) is 5.73 Å². The average molecular weight is 195 g/mol. The van der Waals surface area contributed by atoms with Crippen molar-refractivity contribution in [3.05, 3.63) is 23.8 Å². The number of primary amides is 1. The van der Waals surface area contributed by atoms with E-state index in [2.05, 4.69) is 0 Å². The summed E-state index contributed by atoms with van der Waals surface area (Å²) >= 11 is 0. The van der Waals surface area contributed by atoms with E-state index in [9.17, 15) is 9.90 Å². The molecule has 0 saturated carbocycles. The third-order valence-corrected chi connectivity index (χ3v) is 1.93. The van der Waals surface area contributed by atoms with Gasteiger partial charge < -0.3 is 15.9 Å². The number of carbonyl (C=O) groups excluding carboxylic acids is 1. The number of hydrogen-bond donors (Lipinski definition) is 3. The molecule has 0 aromatic heterocycles. The van der Waals surface area contributed by atoms with Gasteiger partial charge in [-0.25, -0.2) is 0 Å². The molecule has 1 aromatic rings. The molecule has 0 atom stereocenters. The fraction of sp³-hybridized carbons (Fsp3) is 0.300. The zero-order chi connectivity index (χ0) is 10.6. The molecule has 4 N–H and O–H groups in total. The van der Waals surface area contributed by atoms with E-state index >= 15 is 0 Å². The van der Waals surface area contributed by atoms with Crippen LogP contribution in [0.25, 0.3) is 0 Å². The number of phenols is 2. The Balaban J connectivity index is 2.57. The minimum atomic E-state index is -0.357. The van der Waals surface area contributed by atoms with E-state index in [0.29, 0.717) is 18.4 Å². The maximum atomic E-state index is 10.5. The Kier molecular flexibility index (Phi) is 3.34. The molecule has 0 aliphatic carbocycles. The van der Waals surface area contributed by atoms with Crippen LogP contribution in [0.3, 0.4) is 0 Å². The molecule has 0 aliphatic heterocycles. The third-order valence-electron chi connectivity index (χ3n) is 1.93. The van der Waals surface area contributed by atoms with E-state index in [1.165, 1.54) is 18.2 Å². The summed E-state index contributed by atoms with van der Waals surface area (Å²) in [6.07, 6.45) is 1.39. The Morgan fingerprint density at radius 1 is 1.36 bits per heavy atom. The van der Waals surface area contributed by atoms with Crippen LogP contribution in [0.2, 0.25) is 0 Å². The van der Waals surface area contributed by atoms with Gasteiger partial charge in [0.05, 0.1) is 0 Å². The lowest BCUT2D eigenvalue weighted by molar-refractivity contribution is -0.118. The van der Waals surface area contributed by atoms with Crippen molar-refractivity contribution in [2.75, 3.05) is 0 Å². The summed E-state index contributed by atoms with van der Waals surface area (Å²) in [5.41, 5.74) is 5.60. The number of benzene rings is 1. The van der Waals surface area contributed by atoms with Gasteiger partial charge in [-0.2, -0.15) is 0 Å². The van der Waals surface area contributed by atoms with Gasteiger partial charge in [0, 0.05) is 6.42 Å². The Morgan fingerprint density at radius 2 is 2.07 bits per heavy atom. The van der Waals surface area contributed by atoms with Crippen LogP contribution in [0.4, 0.5) is 0 Å². The van der Waals surface area contributed by atoms with Crippen LogP contribution in [0.5, 0.6) is 11.5 Å². The van der Waals surface area contributed by atoms with E-state index in [1.807, 2.05) is 0 Å². The quantitative estimate of drug-likeness (QED) is 0.624. The molecule has 0 unspecified atom stereocenters. The highest BCUT2D eigenvalue weighted by atomic mass is 16.3. The second-order valence-electron chi connectivity index (χ2n) is 3.13. The molecule has 1 amide bonds. The standard InChI is InChI=1S/C10H13NO3/c11-10(14)3-1-2-7-6-8(12)4-5-9(7)13/h4-6,12-13H,1-3H2,(H2,11,14). The smallest absolute Gasteiger partial charge is 0.217 e. The van der Waals surface area contributed by atoms with Crippen molar-refractivity contribution < 1.29 is 15.0 Å². The Labute approximate surface area is 82.0 Å². The lowest BCUT2D eigenvalue weighted by Gasteiger charge is -2.03. The van der Waals surface area contributed by atoms with Gasteiger partial charge in [0.2, 0.25) is 5.91 Å². The van der Waals surface area contributed by atoms with Crippen molar-refractivity contribution in [1.82, 2.24) is 0 Å². The molecule has 76 valence electrons. The highest BCUT2D eigenvalue weighted by molar-refractivity contribution is 5.73. The third kappa shape index (κ3) is 2.97. The van der Waals surface area contributed by atoms with Gasteiger partial charge in [-0.15, -0.1) is 0 Å². The lowest BCUT2D eigenvalue weighted by Crippen LogP contribution is -2.10. The largest absolute Gasteiger partial charge is 0.508 e. The van der Waals surface area contributed by atoms with E-state index in [0.717, 1.165) is 0 Å². The van der Waals surface area contributed by atoms with Gasteiger partial charge in [0.1, 0.15) is 11.5 Å². The maximum Gasteiger partial charge on any atom is 0.217 e. The van der Waals surface area contributed by atoms with E-state index in [1.54, 1.807) is 0 Å². The van der Waals surface area contributed by atoms with Crippen LogP contribution in [0.15, 0.2) is 18.2 Å². The molecule has 1 aromatic carbocycles. The highest BCUT2D eigenvalue weighted by Crippen LogP contribution is 2.23. The first kappa shape index (κ1) is 10.4. The van der Waals surface area contributed by atoms with Gasteiger partial charge >= 0.3 is 0 Å². The lowest BCUT2D eigenvalue weighted by atomic mass is 10.1. The Morgan fingerprint density at radius 3 is 2.71 bits per heavy atom. The summed E-state index contributed by atoms with van der Waals surface area (Å²) in [6, 6.07) is 4.32. The summed E-state index contributed by atoms with van der Waals surface area (Å²) < 4.78 is 0. The van der Waals surface area contributed by atoms with Crippen LogP contribution < -0.4 is 5.73 Å². The molecule has 14 heavy (non-hydrogen) atoms. The number of carbonyl (C=O) groups is 1. The second kappa shape index (κ2) is 4.50. The first-order valence-corrected chi connectivity index (χ1v) is 4.39. The van der Waals surface area contributed by atoms with Crippen molar-refractivity contribution >= 4 is 5.91 Å². The van der Waals surface area contributed by atoms with E-state index in [4.69, 9.17) is 10.8 Å². The molecule has 0 fully saturated rings. The Hall–Kier alpha value is -1.71. The number of amides is 1. The maximum absolute atomic E-state index is 10.5. The highest BCUT2D eigenvalue weighted by Gasteiger charge is 2.03. The SMILES string of the molecule is NC(=O)CCCc1cc(O)ccc1O.